The quantitative estimate of drug-likeness (QED) is 0.778. The van der Waals surface area contributed by atoms with Crippen molar-refractivity contribution in [1.29, 1.82) is 0 Å². The van der Waals surface area contributed by atoms with Crippen molar-refractivity contribution in [3.8, 4) is 0 Å². The Labute approximate surface area is 104 Å². The van der Waals surface area contributed by atoms with Gasteiger partial charge in [0.05, 0.1) is 0 Å². The van der Waals surface area contributed by atoms with Gasteiger partial charge < -0.3 is 10.2 Å². The third-order valence-corrected chi connectivity index (χ3v) is 3.53. The van der Waals surface area contributed by atoms with Crippen LogP contribution in [0, 0.1) is 0 Å². The number of hydrogen-bond donors (Lipinski definition) is 1. The van der Waals surface area contributed by atoms with Crippen LogP contribution in [-0.4, -0.2) is 60.8 Å². The minimum absolute atomic E-state index is 0.323. The molecule has 2 saturated heterocycles. The Morgan fingerprint density at radius 2 is 1.94 bits per heavy atom. The van der Waals surface area contributed by atoms with Crippen molar-refractivity contribution in [3.05, 3.63) is 0 Å². The van der Waals surface area contributed by atoms with E-state index in [4.69, 9.17) is 0 Å². The zero-order chi connectivity index (χ0) is 13.2. The molecule has 2 aliphatic heterocycles. The van der Waals surface area contributed by atoms with Crippen LogP contribution in [0.15, 0.2) is 0 Å². The summed E-state index contributed by atoms with van der Waals surface area (Å²) in [5, 5.41) is 1.94. The fourth-order valence-corrected chi connectivity index (χ4v) is 2.68. The summed E-state index contributed by atoms with van der Waals surface area (Å²) < 4.78 is 36.1. The average Bonchev–Trinajstić information content (AvgIpc) is 2.62. The van der Waals surface area contributed by atoms with Gasteiger partial charge in [-0.1, -0.05) is 0 Å². The standard InChI is InChI=1S/C11H18F3N3O/c12-11(13,14)8-15-10(18)17-6-2-5-16-4-1-3-9(16)7-17/h9H,1-8H2,(H,15,18). The summed E-state index contributed by atoms with van der Waals surface area (Å²) in [6.07, 6.45) is -1.37. The smallest absolute Gasteiger partial charge is 0.329 e. The van der Waals surface area contributed by atoms with Crippen molar-refractivity contribution in [2.75, 3.05) is 32.7 Å². The lowest BCUT2D eigenvalue weighted by molar-refractivity contribution is -0.123. The van der Waals surface area contributed by atoms with Gasteiger partial charge in [-0.25, -0.2) is 4.79 Å². The molecule has 0 saturated carbocycles. The van der Waals surface area contributed by atoms with E-state index in [-0.39, 0.29) is 0 Å². The summed E-state index contributed by atoms with van der Waals surface area (Å²) in [5.74, 6) is 0. The second-order valence-corrected chi connectivity index (χ2v) is 4.91. The number of rotatable bonds is 1. The lowest BCUT2D eigenvalue weighted by Gasteiger charge is -2.26. The Hall–Kier alpha value is -0.980. The number of amides is 2. The number of urea groups is 1. The van der Waals surface area contributed by atoms with Crippen LogP contribution >= 0.6 is 0 Å². The lowest BCUT2D eigenvalue weighted by atomic mass is 10.2. The van der Waals surface area contributed by atoms with Gasteiger partial charge in [-0.2, -0.15) is 13.2 Å². The number of nitrogens with one attached hydrogen (secondary N) is 1. The molecule has 2 aliphatic rings. The highest BCUT2D eigenvalue weighted by molar-refractivity contribution is 5.74. The normalized spacial score (nSPS) is 25.7. The first-order chi connectivity index (χ1) is 8.46. The molecule has 1 atom stereocenters. The summed E-state index contributed by atoms with van der Waals surface area (Å²) in [7, 11) is 0. The number of hydrogen-bond acceptors (Lipinski definition) is 2. The summed E-state index contributed by atoms with van der Waals surface area (Å²) in [5.41, 5.74) is 0. The van der Waals surface area contributed by atoms with Crippen LogP contribution < -0.4 is 5.32 Å². The number of fused-ring (bicyclic) bond motifs is 1. The summed E-state index contributed by atoms with van der Waals surface area (Å²) in [4.78, 5) is 15.5. The molecular weight excluding hydrogens is 247 g/mol. The van der Waals surface area contributed by atoms with Crippen LogP contribution in [0.1, 0.15) is 19.3 Å². The maximum absolute atomic E-state index is 12.0. The van der Waals surface area contributed by atoms with Crippen LogP contribution in [0.4, 0.5) is 18.0 Å². The van der Waals surface area contributed by atoms with Gasteiger partial charge in [-0.3, -0.25) is 4.90 Å². The van der Waals surface area contributed by atoms with Gasteiger partial charge in [0.2, 0.25) is 0 Å². The number of halogens is 3. The summed E-state index contributed by atoms with van der Waals surface area (Å²) in [6, 6.07) is -0.273. The molecule has 7 heteroatoms. The Morgan fingerprint density at radius 3 is 2.67 bits per heavy atom. The molecule has 0 bridgehead atoms. The van der Waals surface area contributed by atoms with Gasteiger partial charge in [0.15, 0.2) is 0 Å². The number of carbonyl (C=O) groups is 1. The van der Waals surface area contributed by atoms with Crippen molar-refractivity contribution in [1.82, 2.24) is 15.1 Å². The Balaban J connectivity index is 1.86. The van der Waals surface area contributed by atoms with Gasteiger partial charge in [0.1, 0.15) is 6.54 Å². The number of carbonyl (C=O) groups excluding carboxylic acids is 1. The fourth-order valence-electron chi connectivity index (χ4n) is 2.68. The van der Waals surface area contributed by atoms with E-state index < -0.39 is 18.8 Å². The molecule has 2 rings (SSSR count). The molecule has 4 nitrogen and oxygen atoms in total. The predicted octanol–water partition coefficient (Wildman–Crippen LogP) is 1.43. The zero-order valence-corrected chi connectivity index (χ0v) is 10.2. The SMILES string of the molecule is O=C(NCC(F)(F)F)N1CCCN2CCCC2C1. The van der Waals surface area contributed by atoms with E-state index in [0.29, 0.717) is 19.1 Å². The van der Waals surface area contributed by atoms with Gasteiger partial charge in [0.25, 0.3) is 0 Å². The molecule has 104 valence electrons. The molecular formula is C11H18F3N3O. The van der Waals surface area contributed by atoms with Crippen LogP contribution in [0.3, 0.4) is 0 Å². The van der Waals surface area contributed by atoms with Gasteiger partial charge in [-0.05, 0) is 25.8 Å². The first-order valence-electron chi connectivity index (χ1n) is 6.29. The highest BCUT2D eigenvalue weighted by Crippen LogP contribution is 2.21. The number of nitrogens with zero attached hydrogens (tertiary/aromatic N) is 2. The predicted molar refractivity (Wildman–Crippen MR) is 60.2 cm³/mol. The van der Waals surface area contributed by atoms with E-state index in [0.717, 1.165) is 32.4 Å². The topological polar surface area (TPSA) is 35.6 Å². The van der Waals surface area contributed by atoms with Crippen molar-refractivity contribution >= 4 is 6.03 Å². The largest absolute Gasteiger partial charge is 0.405 e. The Kier molecular flexibility index (Phi) is 3.99. The molecule has 0 spiro atoms. The molecule has 0 aromatic rings. The summed E-state index contributed by atoms with van der Waals surface area (Å²) >= 11 is 0. The van der Waals surface area contributed by atoms with E-state index in [1.54, 1.807) is 0 Å². The van der Waals surface area contributed by atoms with Gasteiger partial charge in [-0.15, -0.1) is 0 Å². The monoisotopic (exact) mass is 265 g/mol. The highest BCUT2D eigenvalue weighted by Gasteiger charge is 2.32. The molecule has 0 aromatic carbocycles. The molecule has 18 heavy (non-hydrogen) atoms. The molecule has 1 unspecified atom stereocenters. The first-order valence-corrected chi connectivity index (χ1v) is 6.29. The fraction of sp³-hybridized carbons (Fsp3) is 0.909. The molecule has 1 N–H and O–H groups in total. The zero-order valence-electron chi connectivity index (χ0n) is 10.2. The molecule has 0 aliphatic carbocycles. The molecule has 2 heterocycles. The van der Waals surface area contributed by atoms with Crippen LogP contribution in [0.5, 0.6) is 0 Å². The molecule has 0 radical (unpaired) electrons. The highest BCUT2D eigenvalue weighted by atomic mass is 19.4. The maximum atomic E-state index is 12.0. The van der Waals surface area contributed by atoms with Crippen LogP contribution in [-0.2, 0) is 0 Å². The minimum atomic E-state index is -4.35. The van der Waals surface area contributed by atoms with E-state index in [1.165, 1.54) is 4.90 Å². The Bertz CT molecular complexity index is 308. The molecule has 2 amide bonds. The third-order valence-electron chi connectivity index (χ3n) is 3.53. The van der Waals surface area contributed by atoms with E-state index in [2.05, 4.69) is 4.90 Å². The minimum Gasteiger partial charge on any atom is -0.329 e. The average molecular weight is 265 g/mol. The van der Waals surface area contributed by atoms with E-state index in [9.17, 15) is 18.0 Å². The van der Waals surface area contributed by atoms with Gasteiger partial charge >= 0.3 is 12.2 Å². The van der Waals surface area contributed by atoms with Gasteiger partial charge in [0, 0.05) is 25.7 Å². The molecule has 2 fully saturated rings. The van der Waals surface area contributed by atoms with Crippen molar-refractivity contribution in [3.63, 3.8) is 0 Å². The van der Waals surface area contributed by atoms with E-state index >= 15 is 0 Å². The maximum Gasteiger partial charge on any atom is 0.405 e. The lowest BCUT2D eigenvalue weighted by Crippen LogP contribution is -2.46. The van der Waals surface area contributed by atoms with Crippen molar-refractivity contribution in [2.24, 2.45) is 0 Å². The second-order valence-electron chi connectivity index (χ2n) is 4.91. The Morgan fingerprint density at radius 1 is 1.22 bits per heavy atom. The van der Waals surface area contributed by atoms with Crippen LogP contribution in [0.2, 0.25) is 0 Å². The summed E-state index contributed by atoms with van der Waals surface area (Å²) in [6.45, 7) is 1.81. The van der Waals surface area contributed by atoms with Crippen LogP contribution in [0.25, 0.3) is 0 Å². The van der Waals surface area contributed by atoms with E-state index in [1.807, 2.05) is 5.32 Å². The van der Waals surface area contributed by atoms with Crippen molar-refractivity contribution in [2.45, 2.75) is 31.5 Å². The molecule has 0 aromatic heterocycles. The number of alkyl halides is 3. The second kappa shape index (κ2) is 5.34. The van der Waals surface area contributed by atoms with Crippen molar-refractivity contribution < 1.29 is 18.0 Å². The first kappa shape index (κ1) is 13.5. The third kappa shape index (κ3) is 3.51.